The third-order valence-corrected chi connectivity index (χ3v) is 3.79. The minimum absolute atomic E-state index is 0.0559. The van der Waals surface area contributed by atoms with Crippen LogP contribution in [0.2, 0.25) is 0 Å². The van der Waals surface area contributed by atoms with Gasteiger partial charge < -0.3 is 15.7 Å². The van der Waals surface area contributed by atoms with Crippen LogP contribution in [0, 0.1) is 0 Å². The number of rotatable bonds is 6. The van der Waals surface area contributed by atoms with E-state index in [1.807, 2.05) is 59.2 Å². The molecule has 0 bridgehead atoms. The van der Waals surface area contributed by atoms with Gasteiger partial charge in [-0.15, -0.1) is 10.2 Å². The number of nitrogens with one attached hydrogen (secondary N) is 2. The summed E-state index contributed by atoms with van der Waals surface area (Å²) in [5.41, 5.74) is 2.61. The Morgan fingerprint density at radius 3 is 2.40 bits per heavy atom. The van der Waals surface area contributed by atoms with Crippen molar-refractivity contribution in [3.8, 4) is 5.69 Å². The Hall–Kier alpha value is -3.19. The van der Waals surface area contributed by atoms with E-state index in [9.17, 15) is 9.90 Å². The van der Waals surface area contributed by atoms with Gasteiger partial charge in [-0.05, 0) is 23.3 Å². The minimum atomic E-state index is -0.310. The van der Waals surface area contributed by atoms with Gasteiger partial charge in [0.15, 0.2) is 5.82 Å². The van der Waals surface area contributed by atoms with E-state index in [0.29, 0.717) is 12.4 Å². The topological polar surface area (TPSA) is 92.1 Å². The number of para-hydroxylation sites is 1. The normalized spacial score (nSPS) is 10.4. The van der Waals surface area contributed by atoms with Gasteiger partial charge in [-0.1, -0.05) is 42.5 Å². The number of carbonyl (C=O) groups is 1. The van der Waals surface area contributed by atoms with Crippen molar-refractivity contribution in [2.45, 2.75) is 19.7 Å². The van der Waals surface area contributed by atoms with Gasteiger partial charge in [0, 0.05) is 12.2 Å². The number of carbonyl (C=O) groups excluding carboxylic acids is 1. The van der Waals surface area contributed by atoms with Gasteiger partial charge >= 0.3 is 6.03 Å². The Morgan fingerprint density at radius 2 is 1.64 bits per heavy atom. The summed E-state index contributed by atoms with van der Waals surface area (Å²) in [4.78, 5) is 12.0. The third kappa shape index (κ3) is 4.21. The summed E-state index contributed by atoms with van der Waals surface area (Å²) in [7, 11) is 0. The number of hydrogen-bond donors (Lipinski definition) is 3. The van der Waals surface area contributed by atoms with Crippen LogP contribution in [-0.2, 0) is 19.7 Å². The highest BCUT2D eigenvalue weighted by atomic mass is 16.3. The van der Waals surface area contributed by atoms with Gasteiger partial charge in [-0.3, -0.25) is 4.57 Å². The van der Waals surface area contributed by atoms with Crippen LogP contribution < -0.4 is 10.6 Å². The van der Waals surface area contributed by atoms with Crippen LogP contribution in [0.15, 0.2) is 60.9 Å². The molecular formula is C18H19N5O2. The van der Waals surface area contributed by atoms with E-state index in [4.69, 9.17) is 0 Å². The standard InChI is InChI=1S/C18H19N5O2/c24-12-15-7-5-4-6-14(15)10-19-18(25)20-11-17-22-21-13-23(17)16-8-2-1-3-9-16/h1-9,13,24H,10-12H2,(H2,19,20,25). The average molecular weight is 337 g/mol. The molecule has 0 aliphatic rings. The van der Waals surface area contributed by atoms with Crippen molar-refractivity contribution in [2.75, 3.05) is 0 Å². The van der Waals surface area contributed by atoms with Gasteiger partial charge in [-0.2, -0.15) is 0 Å². The molecule has 7 heteroatoms. The Kier molecular flexibility index (Phi) is 5.38. The zero-order chi connectivity index (χ0) is 17.5. The molecular weight excluding hydrogens is 318 g/mol. The molecule has 1 heterocycles. The number of benzene rings is 2. The number of aromatic nitrogens is 3. The lowest BCUT2D eigenvalue weighted by atomic mass is 10.1. The van der Waals surface area contributed by atoms with Crippen LogP contribution in [0.5, 0.6) is 0 Å². The second kappa shape index (κ2) is 8.07. The zero-order valence-electron chi connectivity index (χ0n) is 13.6. The molecule has 0 spiro atoms. The summed E-state index contributed by atoms with van der Waals surface area (Å²) in [6, 6.07) is 16.8. The van der Waals surface area contributed by atoms with Gasteiger partial charge in [0.1, 0.15) is 6.33 Å². The first-order valence-electron chi connectivity index (χ1n) is 7.91. The molecule has 7 nitrogen and oxygen atoms in total. The van der Waals surface area contributed by atoms with Crippen LogP contribution in [0.4, 0.5) is 4.79 Å². The first-order chi connectivity index (χ1) is 12.3. The van der Waals surface area contributed by atoms with Gasteiger partial charge in [-0.25, -0.2) is 4.79 Å². The number of urea groups is 1. The maximum Gasteiger partial charge on any atom is 0.315 e. The molecule has 0 aliphatic heterocycles. The smallest absolute Gasteiger partial charge is 0.315 e. The second-order valence-electron chi connectivity index (χ2n) is 5.42. The van der Waals surface area contributed by atoms with E-state index in [1.165, 1.54) is 0 Å². The molecule has 0 unspecified atom stereocenters. The molecule has 3 N–H and O–H groups in total. The maximum atomic E-state index is 12.0. The van der Waals surface area contributed by atoms with Gasteiger partial charge in [0.05, 0.1) is 13.2 Å². The summed E-state index contributed by atoms with van der Waals surface area (Å²) >= 11 is 0. The largest absolute Gasteiger partial charge is 0.392 e. The van der Waals surface area contributed by atoms with Crippen molar-refractivity contribution in [3.63, 3.8) is 0 Å². The maximum absolute atomic E-state index is 12.0. The summed E-state index contributed by atoms with van der Waals surface area (Å²) in [5.74, 6) is 0.636. The number of aliphatic hydroxyl groups is 1. The minimum Gasteiger partial charge on any atom is -0.392 e. The molecule has 2 amide bonds. The Labute approximate surface area is 145 Å². The molecule has 0 atom stereocenters. The summed E-state index contributed by atoms with van der Waals surface area (Å²) in [6.45, 7) is 0.538. The Morgan fingerprint density at radius 1 is 0.960 bits per heavy atom. The summed E-state index contributed by atoms with van der Waals surface area (Å²) in [6.07, 6.45) is 1.61. The molecule has 128 valence electrons. The van der Waals surface area contributed by atoms with Crippen LogP contribution in [-0.4, -0.2) is 25.9 Å². The molecule has 0 fully saturated rings. The molecule has 3 rings (SSSR count). The van der Waals surface area contributed by atoms with E-state index in [-0.39, 0.29) is 19.2 Å². The van der Waals surface area contributed by atoms with Crippen molar-refractivity contribution < 1.29 is 9.90 Å². The van der Waals surface area contributed by atoms with Crippen molar-refractivity contribution in [3.05, 3.63) is 77.9 Å². The van der Waals surface area contributed by atoms with Crippen LogP contribution >= 0.6 is 0 Å². The lowest BCUT2D eigenvalue weighted by molar-refractivity contribution is 0.239. The van der Waals surface area contributed by atoms with Crippen molar-refractivity contribution in [1.82, 2.24) is 25.4 Å². The first-order valence-corrected chi connectivity index (χ1v) is 7.91. The van der Waals surface area contributed by atoms with Crippen molar-refractivity contribution >= 4 is 6.03 Å². The van der Waals surface area contributed by atoms with Crippen LogP contribution in [0.1, 0.15) is 17.0 Å². The fourth-order valence-corrected chi connectivity index (χ4v) is 2.47. The zero-order valence-corrected chi connectivity index (χ0v) is 13.6. The number of amides is 2. The van der Waals surface area contributed by atoms with E-state index in [0.717, 1.165) is 16.8 Å². The third-order valence-electron chi connectivity index (χ3n) is 3.79. The Bertz CT molecular complexity index is 832. The van der Waals surface area contributed by atoms with Gasteiger partial charge in [0.2, 0.25) is 0 Å². The molecule has 3 aromatic rings. The molecule has 0 radical (unpaired) electrons. The first kappa shape index (κ1) is 16.7. The molecule has 25 heavy (non-hydrogen) atoms. The molecule has 1 aromatic heterocycles. The highest BCUT2D eigenvalue weighted by Gasteiger charge is 2.08. The number of hydrogen-bond acceptors (Lipinski definition) is 4. The summed E-state index contributed by atoms with van der Waals surface area (Å²) in [5, 5.41) is 22.8. The molecule has 0 saturated heterocycles. The molecule has 0 aliphatic carbocycles. The lowest BCUT2D eigenvalue weighted by Gasteiger charge is -2.11. The van der Waals surface area contributed by atoms with Crippen molar-refractivity contribution in [2.24, 2.45) is 0 Å². The Balaban J connectivity index is 1.56. The predicted molar refractivity (Wildman–Crippen MR) is 92.8 cm³/mol. The predicted octanol–water partition coefficient (Wildman–Crippen LogP) is 1.76. The number of nitrogens with zero attached hydrogens (tertiary/aromatic N) is 3. The fourth-order valence-electron chi connectivity index (χ4n) is 2.47. The van der Waals surface area contributed by atoms with E-state index < -0.39 is 0 Å². The quantitative estimate of drug-likeness (QED) is 0.639. The highest BCUT2D eigenvalue weighted by Crippen LogP contribution is 2.09. The van der Waals surface area contributed by atoms with E-state index in [2.05, 4.69) is 20.8 Å². The van der Waals surface area contributed by atoms with Crippen molar-refractivity contribution in [1.29, 1.82) is 0 Å². The monoisotopic (exact) mass is 337 g/mol. The fraction of sp³-hybridized carbons (Fsp3) is 0.167. The highest BCUT2D eigenvalue weighted by molar-refractivity contribution is 5.73. The molecule has 2 aromatic carbocycles. The summed E-state index contributed by atoms with van der Waals surface area (Å²) < 4.78 is 1.82. The second-order valence-corrected chi connectivity index (χ2v) is 5.42. The average Bonchev–Trinajstić information content (AvgIpc) is 3.14. The lowest BCUT2D eigenvalue weighted by Crippen LogP contribution is -2.35. The number of aliphatic hydroxyl groups excluding tert-OH is 1. The van der Waals surface area contributed by atoms with Gasteiger partial charge in [0.25, 0.3) is 0 Å². The van der Waals surface area contributed by atoms with Crippen LogP contribution in [0.3, 0.4) is 0 Å². The van der Waals surface area contributed by atoms with Crippen LogP contribution in [0.25, 0.3) is 5.69 Å². The van der Waals surface area contributed by atoms with E-state index >= 15 is 0 Å². The SMILES string of the molecule is O=C(NCc1ccccc1CO)NCc1nncn1-c1ccccc1. The molecule has 0 saturated carbocycles. The van der Waals surface area contributed by atoms with E-state index in [1.54, 1.807) is 6.33 Å².